The van der Waals surface area contributed by atoms with E-state index in [1.165, 1.54) is 0 Å². The molecule has 2 atom stereocenters. The minimum absolute atomic E-state index is 0.0115. The van der Waals surface area contributed by atoms with Crippen LogP contribution in [-0.2, 0) is 14.0 Å². The molecule has 134 valence electrons. The van der Waals surface area contributed by atoms with Gasteiger partial charge in [0.2, 0.25) is 0 Å². The van der Waals surface area contributed by atoms with E-state index < -0.39 is 32.0 Å². The summed E-state index contributed by atoms with van der Waals surface area (Å²) in [6, 6.07) is -0.808. The van der Waals surface area contributed by atoms with Gasteiger partial charge in [-0.15, -0.1) is 0 Å². The van der Waals surface area contributed by atoms with E-state index >= 15 is 0 Å². The van der Waals surface area contributed by atoms with Crippen LogP contribution in [0.1, 0.15) is 48.0 Å². The van der Waals surface area contributed by atoms with Crippen molar-refractivity contribution in [2.45, 2.75) is 83.8 Å². The zero-order valence-electron chi connectivity index (χ0n) is 15.7. The second kappa shape index (κ2) is 8.15. The zero-order valence-corrected chi connectivity index (χ0v) is 16.7. The molecule has 0 aliphatic carbocycles. The van der Waals surface area contributed by atoms with E-state index in [9.17, 15) is 4.79 Å². The SMILES string of the molecule is CC(C)(C)OC(=O)[C@@H](N)C[C@H](CN=[N+]=[N-])O[Si](C)(C)C(C)(C)C. The normalized spacial score (nSPS) is 15.5. The number of hydrogen-bond donors (Lipinski definition) is 1. The average Bonchev–Trinajstić information content (AvgIpc) is 2.31. The number of azide groups is 1. The molecule has 0 aromatic heterocycles. The third-order valence-corrected chi connectivity index (χ3v) is 8.38. The maximum atomic E-state index is 12.0. The highest BCUT2D eigenvalue weighted by Crippen LogP contribution is 2.37. The fourth-order valence-corrected chi connectivity index (χ4v) is 3.00. The highest BCUT2D eigenvalue weighted by atomic mass is 28.4. The number of nitrogens with two attached hydrogens (primary N) is 1. The fourth-order valence-electron chi connectivity index (χ4n) is 1.64. The van der Waals surface area contributed by atoms with Crippen LogP contribution in [0.25, 0.3) is 10.4 Å². The van der Waals surface area contributed by atoms with Crippen LogP contribution in [0.4, 0.5) is 0 Å². The molecule has 8 heteroatoms. The molecule has 0 radical (unpaired) electrons. The molecule has 23 heavy (non-hydrogen) atoms. The Bertz CT molecular complexity index is 449. The molecule has 2 N–H and O–H groups in total. The average molecular weight is 345 g/mol. The van der Waals surface area contributed by atoms with Gasteiger partial charge in [0.15, 0.2) is 8.32 Å². The monoisotopic (exact) mass is 344 g/mol. The predicted octanol–water partition coefficient (Wildman–Crippen LogP) is 3.75. The van der Waals surface area contributed by atoms with Gasteiger partial charge in [0.25, 0.3) is 0 Å². The van der Waals surface area contributed by atoms with E-state index in [1.54, 1.807) is 20.8 Å². The minimum atomic E-state index is -2.06. The summed E-state index contributed by atoms with van der Waals surface area (Å²) in [4.78, 5) is 14.8. The van der Waals surface area contributed by atoms with E-state index in [1.807, 2.05) is 0 Å². The summed E-state index contributed by atoms with van der Waals surface area (Å²) in [5.41, 5.74) is 13.9. The van der Waals surface area contributed by atoms with Gasteiger partial charge < -0.3 is 14.9 Å². The lowest BCUT2D eigenvalue weighted by atomic mass is 10.1. The molecule has 0 spiro atoms. The maximum absolute atomic E-state index is 12.0. The summed E-state index contributed by atoms with van der Waals surface area (Å²) in [5.74, 6) is -0.470. The van der Waals surface area contributed by atoms with Crippen molar-refractivity contribution in [2.75, 3.05) is 6.54 Å². The van der Waals surface area contributed by atoms with Crippen LogP contribution in [0.5, 0.6) is 0 Å². The lowest BCUT2D eigenvalue weighted by Crippen LogP contribution is -2.47. The van der Waals surface area contributed by atoms with Crippen molar-refractivity contribution in [3.05, 3.63) is 10.4 Å². The predicted molar refractivity (Wildman–Crippen MR) is 94.5 cm³/mol. The van der Waals surface area contributed by atoms with Crippen LogP contribution in [-0.4, -0.2) is 38.6 Å². The lowest BCUT2D eigenvalue weighted by molar-refractivity contribution is -0.157. The molecule has 7 nitrogen and oxygen atoms in total. The molecule has 0 rings (SSSR count). The molecule has 0 aliphatic heterocycles. The summed E-state index contributed by atoms with van der Waals surface area (Å²) in [5, 5.41) is 3.61. The Morgan fingerprint density at radius 1 is 1.26 bits per heavy atom. The van der Waals surface area contributed by atoms with Crippen molar-refractivity contribution in [3.63, 3.8) is 0 Å². The molecular weight excluding hydrogens is 312 g/mol. The van der Waals surface area contributed by atoms with E-state index in [4.69, 9.17) is 20.4 Å². The van der Waals surface area contributed by atoms with Crippen molar-refractivity contribution in [1.82, 2.24) is 0 Å². The molecule has 0 amide bonds. The number of nitrogens with zero attached hydrogens (tertiary/aromatic N) is 3. The molecule has 0 bridgehead atoms. The summed E-state index contributed by atoms with van der Waals surface area (Å²) >= 11 is 0. The second-order valence-corrected chi connectivity index (χ2v) is 13.0. The molecule has 0 heterocycles. The first-order valence-electron chi connectivity index (χ1n) is 7.87. The Morgan fingerprint density at radius 3 is 2.17 bits per heavy atom. The van der Waals surface area contributed by atoms with Gasteiger partial charge in [-0.3, -0.25) is 4.79 Å². The summed E-state index contributed by atoms with van der Waals surface area (Å²) < 4.78 is 11.5. The summed E-state index contributed by atoms with van der Waals surface area (Å²) in [6.45, 7) is 16.1. The van der Waals surface area contributed by atoms with Crippen LogP contribution in [0.15, 0.2) is 5.11 Å². The Morgan fingerprint density at radius 2 is 1.78 bits per heavy atom. The largest absolute Gasteiger partial charge is 0.459 e. The Balaban J connectivity index is 4.99. The van der Waals surface area contributed by atoms with Crippen molar-refractivity contribution in [1.29, 1.82) is 0 Å². The van der Waals surface area contributed by atoms with Crippen molar-refractivity contribution >= 4 is 14.3 Å². The maximum Gasteiger partial charge on any atom is 0.323 e. The number of esters is 1. The highest BCUT2D eigenvalue weighted by Gasteiger charge is 2.39. The molecule has 0 fully saturated rings. The fraction of sp³-hybridized carbons (Fsp3) is 0.933. The second-order valence-electron chi connectivity index (χ2n) is 8.29. The number of ether oxygens (including phenoxy) is 1. The van der Waals surface area contributed by atoms with Crippen LogP contribution < -0.4 is 5.73 Å². The number of hydrogen-bond acceptors (Lipinski definition) is 5. The molecule has 0 aromatic rings. The van der Waals surface area contributed by atoms with Crippen LogP contribution in [0.3, 0.4) is 0 Å². The van der Waals surface area contributed by atoms with Gasteiger partial charge in [-0.1, -0.05) is 25.9 Å². The van der Waals surface area contributed by atoms with Crippen molar-refractivity contribution < 1.29 is 14.0 Å². The van der Waals surface area contributed by atoms with Gasteiger partial charge in [-0.2, -0.15) is 0 Å². The molecule has 0 saturated heterocycles. The molecule has 0 aliphatic rings. The van der Waals surface area contributed by atoms with E-state index in [-0.39, 0.29) is 18.0 Å². The first-order chi connectivity index (χ1) is 10.2. The smallest absolute Gasteiger partial charge is 0.323 e. The Kier molecular flexibility index (Phi) is 7.76. The topological polar surface area (TPSA) is 110 Å². The Hall–Kier alpha value is -1.08. The third-order valence-electron chi connectivity index (χ3n) is 3.84. The van der Waals surface area contributed by atoms with E-state index in [2.05, 4.69) is 43.9 Å². The van der Waals surface area contributed by atoms with Gasteiger partial charge in [0, 0.05) is 4.91 Å². The van der Waals surface area contributed by atoms with Gasteiger partial charge in [0.1, 0.15) is 11.6 Å². The van der Waals surface area contributed by atoms with Crippen molar-refractivity contribution in [3.8, 4) is 0 Å². The Labute approximate surface area is 140 Å². The lowest BCUT2D eigenvalue weighted by Gasteiger charge is -2.39. The van der Waals surface area contributed by atoms with Gasteiger partial charge in [0.05, 0.1) is 12.6 Å². The molecular formula is C15H32N4O3Si. The molecule has 0 aromatic carbocycles. The minimum Gasteiger partial charge on any atom is -0.459 e. The summed E-state index contributed by atoms with van der Waals surface area (Å²) in [6.07, 6.45) is -0.130. The molecule has 0 saturated carbocycles. The summed E-state index contributed by atoms with van der Waals surface area (Å²) in [7, 11) is -2.06. The quantitative estimate of drug-likeness (QED) is 0.249. The van der Waals surface area contributed by atoms with Crippen LogP contribution in [0, 0.1) is 0 Å². The molecule has 0 unspecified atom stereocenters. The van der Waals surface area contributed by atoms with Gasteiger partial charge in [-0.05, 0) is 50.9 Å². The number of rotatable bonds is 7. The number of carbonyl (C=O) groups is 1. The van der Waals surface area contributed by atoms with E-state index in [0.717, 1.165) is 0 Å². The van der Waals surface area contributed by atoms with Gasteiger partial charge in [-0.25, -0.2) is 0 Å². The standard InChI is InChI=1S/C15H32N4O3Si/c1-14(2,3)21-13(20)12(16)9-11(10-18-19-17)22-23(7,8)15(4,5)6/h11-12H,9-10,16H2,1-8H3/t11-,12+/m1/s1. The van der Waals surface area contributed by atoms with Crippen LogP contribution >= 0.6 is 0 Å². The first-order valence-corrected chi connectivity index (χ1v) is 10.8. The zero-order chi connectivity index (χ0) is 18.5. The first kappa shape index (κ1) is 21.9. The van der Waals surface area contributed by atoms with E-state index in [0.29, 0.717) is 0 Å². The third kappa shape index (κ3) is 8.36. The highest BCUT2D eigenvalue weighted by molar-refractivity contribution is 6.74. The van der Waals surface area contributed by atoms with Gasteiger partial charge >= 0.3 is 5.97 Å². The van der Waals surface area contributed by atoms with Crippen molar-refractivity contribution in [2.24, 2.45) is 10.8 Å². The van der Waals surface area contributed by atoms with Crippen LogP contribution in [0.2, 0.25) is 18.1 Å². The number of carbonyl (C=O) groups excluding carboxylic acids is 1.